The molecule has 34 heavy (non-hydrogen) atoms. The van der Waals surface area contributed by atoms with Crippen LogP contribution in [0.4, 0.5) is 11.4 Å². The second-order valence-electron chi connectivity index (χ2n) is 7.57. The van der Waals surface area contributed by atoms with E-state index in [-0.39, 0.29) is 29.4 Å². The van der Waals surface area contributed by atoms with Gasteiger partial charge in [-0.2, -0.15) is 0 Å². The predicted molar refractivity (Wildman–Crippen MR) is 128 cm³/mol. The Kier molecular flexibility index (Phi) is 7.85. The maximum atomic E-state index is 13.3. The molecule has 0 spiro atoms. The minimum atomic E-state index is -4.16. The van der Waals surface area contributed by atoms with Crippen LogP contribution >= 0.6 is 0 Å². The number of hydrogen-bond acceptors (Lipinski definition) is 6. The fourth-order valence-electron chi connectivity index (χ4n) is 3.20. The number of hydrogen-bond donors (Lipinski definition) is 1. The Morgan fingerprint density at radius 3 is 2.47 bits per heavy atom. The third-order valence-corrected chi connectivity index (χ3v) is 6.76. The number of carbonyl (C=O) groups excluding carboxylic acids is 1. The zero-order chi connectivity index (χ0) is 24.7. The van der Waals surface area contributed by atoms with Gasteiger partial charge >= 0.3 is 0 Å². The van der Waals surface area contributed by atoms with Gasteiger partial charge in [0.1, 0.15) is 18.9 Å². The van der Waals surface area contributed by atoms with Gasteiger partial charge in [0, 0.05) is 12.1 Å². The van der Waals surface area contributed by atoms with Gasteiger partial charge in [-0.25, -0.2) is 8.42 Å². The van der Waals surface area contributed by atoms with Gasteiger partial charge in [0.15, 0.2) is 0 Å². The summed E-state index contributed by atoms with van der Waals surface area (Å²) in [6.45, 7) is 3.66. The highest BCUT2D eigenvalue weighted by atomic mass is 32.2. The van der Waals surface area contributed by atoms with Gasteiger partial charge in [-0.05, 0) is 49.2 Å². The van der Waals surface area contributed by atoms with Gasteiger partial charge in [-0.3, -0.25) is 19.2 Å². The highest BCUT2D eigenvalue weighted by Gasteiger charge is 2.28. The van der Waals surface area contributed by atoms with Crippen molar-refractivity contribution in [1.29, 1.82) is 0 Å². The number of amides is 1. The van der Waals surface area contributed by atoms with Crippen molar-refractivity contribution in [2.24, 2.45) is 0 Å². The van der Waals surface area contributed by atoms with Crippen molar-refractivity contribution >= 4 is 27.3 Å². The number of nitrogens with one attached hydrogen (secondary N) is 1. The van der Waals surface area contributed by atoms with Gasteiger partial charge in [0.2, 0.25) is 5.91 Å². The average molecular weight is 484 g/mol. The van der Waals surface area contributed by atoms with Gasteiger partial charge in [0.05, 0.1) is 22.1 Å². The fourth-order valence-corrected chi connectivity index (χ4v) is 4.63. The van der Waals surface area contributed by atoms with Crippen LogP contribution in [0, 0.1) is 24.0 Å². The van der Waals surface area contributed by atoms with Crippen molar-refractivity contribution in [3.8, 4) is 5.75 Å². The number of carbonyl (C=O) groups is 1. The molecule has 0 saturated carbocycles. The molecule has 9 nitrogen and oxygen atoms in total. The number of sulfonamides is 1. The smallest absolute Gasteiger partial charge is 0.271 e. The first-order valence-corrected chi connectivity index (χ1v) is 11.9. The summed E-state index contributed by atoms with van der Waals surface area (Å²) in [4.78, 5) is 23.2. The summed E-state index contributed by atoms with van der Waals surface area (Å²) in [5, 5.41) is 13.8. The molecule has 0 fully saturated rings. The van der Waals surface area contributed by atoms with Crippen LogP contribution in [0.25, 0.3) is 0 Å². The number of aryl methyl sites for hydroxylation is 2. The van der Waals surface area contributed by atoms with E-state index in [1.165, 1.54) is 30.3 Å². The summed E-state index contributed by atoms with van der Waals surface area (Å²) in [5.74, 6) is 0.134. The van der Waals surface area contributed by atoms with E-state index in [4.69, 9.17) is 4.74 Å². The number of anilines is 1. The number of nitrogens with zero attached hydrogens (tertiary/aromatic N) is 2. The molecule has 1 N–H and O–H groups in total. The van der Waals surface area contributed by atoms with Crippen LogP contribution in [0.15, 0.2) is 77.7 Å². The second-order valence-corrected chi connectivity index (χ2v) is 9.43. The van der Waals surface area contributed by atoms with Crippen molar-refractivity contribution < 1.29 is 22.9 Å². The maximum Gasteiger partial charge on any atom is 0.271 e. The zero-order valence-corrected chi connectivity index (χ0v) is 19.6. The molecule has 1 amide bonds. The number of ether oxygens (including phenoxy) is 1. The summed E-state index contributed by atoms with van der Waals surface area (Å²) < 4.78 is 33.1. The average Bonchev–Trinajstić information content (AvgIpc) is 2.83. The molecule has 0 bridgehead atoms. The van der Waals surface area contributed by atoms with E-state index in [1.54, 1.807) is 18.2 Å². The van der Waals surface area contributed by atoms with E-state index in [0.717, 1.165) is 21.5 Å². The van der Waals surface area contributed by atoms with Gasteiger partial charge in [-0.1, -0.05) is 36.4 Å². The standard InChI is InChI=1S/C24H25N3O6S/c1-18-11-12-19(2)23(15-18)33-14-13-25-24(28)17-26(20-7-6-8-21(16-20)27(29)30)34(31,32)22-9-4-3-5-10-22/h3-12,15-16H,13-14,17H2,1-2H3,(H,25,28). The zero-order valence-electron chi connectivity index (χ0n) is 18.8. The quantitative estimate of drug-likeness (QED) is 0.267. The van der Waals surface area contributed by atoms with Crippen molar-refractivity contribution in [2.45, 2.75) is 18.7 Å². The van der Waals surface area contributed by atoms with Crippen molar-refractivity contribution in [1.82, 2.24) is 5.32 Å². The molecule has 0 aliphatic heterocycles. The van der Waals surface area contributed by atoms with Gasteiger partial charge in [0.25, 0.3) is 15.7 Å². The van der Waals surface area contributed by atoms with Crippen molar-refractivity contribution in [3.05, 3.63) is 94.0 Å². The highest BCUT2D eigenvalue weighted by Crippen LogP contribution is 2.26. The molecule has 3 aromatic rings. The molecule has 0 aromatic heterocycles. The Morgan fingerprint density at radius 2 is 1.76 bits per heavy atom. The van der Waals surface area contributed by atoms with Gasteiger partial charge < -0.3 is 10.1 Å². The number of nitro groups is 1. The Labute approximate surface area is 198 Å². The number of benzene rings is 3. The minimum absolute atomic E-state index is 0.0137. The lowest BCUT2D eigenvalue weighted by atomic mass is 10.1. The predicted octanol–water partition coefficient (Wildman–Crippen LogP) is 3.60. The van der Waals surface area contributed by atoms with E-state index >= 15 is 0 Å². The van der Waals surface area contributed by atoms with E-state index in [1.807, 2.05) is 32.0 Å². The molecular weight excluding hydrogens is 458 g/mol. The van der Waals surface area contributed by atoms with E-state index in [2.05, 4.69) is 5.32 Å². The number of rotatable bonds is 10. The Hall–Kier alpha value is -3.92. The molecule has 0 aliphatic carbocycles. The Morgan fingerprint density at radius 1 is 1.03 bits per heavy atom. The summed E-state index contributed by atoms with van der Waals surface area (Å²) in [5.41, 5.74) is 1.74. The fraction of sp³-hybridized carbons (Fsp3) is 0.208. The molecule has 3 rings (SSSR count). The first-order valence-electron chi connectivity index (χ1n) is 10.5. The van der Waals surface area contributed by atoms with Crippen LogP contribution < -0.4 is 14.4 Å². The lowest BCUT2D eigenvalue weighted by molar-refractivity contribution is -0.384. The number of non-ortho nitro benzene ring substituents is 1. The minimum Gasteiger partial charge on any atom is -0.491 e. The molecule has 0 heterocycles. The molecule has 0 unspecified atom stereocenters. The first-order chi connectivity index (χ1) is 16.2. The molecular formula is C24H25N3O6S. The van der Waals surface area contributed by atoms with E-state index < -0.39 is 27.4 Å². The van der Waals surface area contributed by atoms with Crippen molar-refractivity contribution in [2.75, 3.05) is 24.0 Å². The van der Waals surface area contributed by atoms with E-state index in [0.29, 0.717) is 5.75 Å². The monoisotopic (exact) mass is 483 g/mol. The molecule has 3 aromatic carbocycles. The van der Waals surface area contributed by atoms with Crippen LogP contribution in [0.3, 0.4) is 0 Å². The normalized spacial score (nSPS) is 11.0. The van der Waals surface area contributed by atoms with Crippen LogP contribution in [-0.4, -0.2) is 38.9 Å². The molecule has 10 heteroatoms. The largest absolute Gasteiger partial charge is 0.491 e. The summed E-state index contributed by atoms with van der Waals surface area (Å²) in [7, 11) is -4.16. The lowest BCUT2D eigenvalue weighted by Crippen LogP contribution is -2.42. The topological polar surface area (TPSA) is 119 Å². The lowest BCUT2D eigenvalue weighted by Gasteiger charge is -2.24. The SMILES string of the molecule is Cc1ccc(C)c(OCCNC(=O)CN(c2cccc([N+](=O)[O-])c2)S(=O)(=O)c2ccccc2)c1. The maximum absolute atomic E-state index is 13.3. The summed E-state index contributed by atoms with van der Waals surface area (Å²) >= 11 is 0. The summed E-state index contributed by atoms with van der Waals surface area (Å²) in [6.07, 6.45) is 0. The van der Waals surface area contributed by atoms with Crippen LogP contribution in [0.5, 0.6) is 5.75 Å². The third-order valence-electron chi connectivity index (χ3n) is 4.97. The highest BCUT2D eigenvalue weighted by molar-refractivity contribution is 7.92. The molecule has 0 atom stereocenters. The van der Waals surface area contributed by atoms with E-state index in [9.17, 15) is 23.3 Å². The second kappa shape index (κ2) is 10.8. The van der Waals surface area contributed by atoms with Gasteiger partial charge in [-0.15, -0.1) is 0 Å². The first kappa shape index (κ1) is 24.7. The molecule has 0 aliphatic rings. The molecule has 0 radical (unpaired) electrons. The van der Waals surface area contributed by atoms with Crippen LogP contribution in [0.2, 0.25) is 0 Å². The molecule has 178 valence electrons. The van der Waals surface area contributed by atoms with Crippen molar-refractivity contribution in [3.63, 3.8) is 0 Å². The van der Waals surface area contributed by atoms with Crippen LogP contribution in [-0.2, 0) is 14.8 Å². The Balaban J connectivity index is 1.75. The Bertz CT molecular complexity index is 1280. The van der Waals surface area contributed by atoms with Crippen LogP contribution in [0.1, 0.15) is 11.1 Å². The summed E-state index contributed by atoms with van der Waals surface area (Å²) in [6, 6.07) is 18.5. The number of nitro benzene ring substituents is 1. The third kappa shape index (κ3) is 6.10. The molecule has 0 saturated heterocycles.